The highest BCUT2D eigenvalue weighted by molar-refractivity contribution is 7.98. The molecule has 0 saturated heterocycles. The summed E-state index contributed by atoms with van der Waals surface area (Å²) in [6.07, 6.45) is 1.58. The first-order valence-corrected chi connectivity index (χ1v) is 6.90. The summed E-state index contributed by atoms with van der Waals surface area (Å²) in [5.41, 5.74) is 5.62. The first-order chi connectivity index (χ1) is 8.80. The number of nitrogens with two attached hydrogens (primary N) is 1. The van der Waals surface area contributed by atoms with Gasteiger partial charge < -0.3 is 10.3 Å². The zero-order valence-electron chi connectivity index (χ0n) is 10.6. The quantitative estimate of drug-likeness (QED) is 0.774. The molecule has 0 atom stereocenters. The molecule has 0 amide bonds. The first-order valence-electron chi connectivity index (χ1n) is 5.91. The molecule has 98 valence electrons. The van der Waals surface area contributed by atoms with Gasteiger partial charge in [-0.2, -0.15) is 5.10 Å². The molecule has 0 bridgehead atoms. The highest BCUT2D eigenvalue weighted by atomic mass is 32.2. The molecular formula is C10H17N7S. The summed E-state index contributed by atoms with van der Waals surface area (Å²) in [6, 6.07) is 0. The molecule has 8 heteroatoms. The molecule has 2 aromatic heterocycles. The Morgan fingerprint density at radius 3 is 2.72 bits per heavy atom. The Bertz CT molecular complexity index is 504. The fraction of sp³-hybridized carbons (Fsp3) is 0.600. The number of thioether (sulfide) groups is 1. The second-order valence-electron chi connectivity index (χ2n) is 3.63. The number of hydrogen-bond donors (Lipinski definition) is 1. The molecule has 0 aromatic carbocycles. The van der Waals surface area contributed by atoms with Gasteiger partial charge in [-0.25, -0.2) is 9.67 Å². The lowest BCUT2D eigenvalue weighted by Crippen LogP contribution is -2.08. The molecule has 0 spiro atoms. The normalized spacial score (nSPS) is 11.1. The summed E-state index contributed by atoms with van der Waals surface area (Å²) in [6.45, 7) is 6.16. The molecule has 0 aliphatic rings. The molecule has 0 unspecified atom stereocenters. The van der Waals surface area contributed by atoms with Crippen molar-refractivity contribution in [3.63, 3.8) is 0 Å². The van der Waals surface area contributed by atoms with Gasteiger partial charge in [-0.15, -0.1) is 10.2 Å². The third kappa shape index (κ3) is 2.54. The lowest BCUT2D eigenvalue weighted by atomic mass is 10.6. The molecule has 0 fully saturated rings. The van der Waals surface area contributed by atoms with Gasteiger partial charge in [-0.1, -0.05) is 11.8 Å². The van der Waals surface area contributed by atoms with Gasteiger partial charge in [0.2, 0.25) is 0 Å². The summed E-state index contributed by atoms with van der Waals surface area (Å²) in [4.78, 5) is 4.23. The van der Waals surface area contributed by atoms with Gasteiger partial charge >= 0.3 is 0 Å². The maximum Gasteiger partial charge on any atom is 0.191 e. The molecule has 0 aliphatic carbocycles. The van der Waals surface area contributed by atoms with Crippen molar-refractivity contribution in [3.05, 3.63) is 18.0 Å². The fourth-order valence-corrected chi connectivity index (χ4v) is 2.66. The molecule has 0 saturated carbocycles. The second kappa shape index (κ2) is 5.96. The van der Waals surface area contributed by atoms with E-state index in [1.165, 1.54) is 0 Å². The second-order valence-corrected chi connectivity index (χ2v) is 4.57. The van der Waals surface area contributed by atoms with Gasteiger partial charge in [-0.3, -0.25) is 0 Å². The Kier molecular flexibility index (Phi) is 4.32. The summed E-state index contributed by atoms with van der Waals surface area (Å²) in [5, 5.41) is 13.2. The van der Waals surface area contributed by atoms with E-state index in [1.54, 1.807) is 18.1 Å². The van der Waals surface area contributed by atoms with Crippen molar-refractivity contribution in [1.82, 2.24) is 29.5 Å². The van der Waals surface area contributed by atoms with Gasteiger partial charge in [0.1, 0.15) is 18.0 Å². The summed E-state index contributed by atoms with van der Waals surface area (Å²) >= 11 is 1.61. The first kappa shape index (κ1) is 13.0. The standard InChI is InChI=1S/C10H17N7S/c1-3-16-8(5-11)14-15-10(16)18-6-9-12-7-13-17(9)4-2/h7H,3-6,11H2,1-2H3. The zero-order valence-corrected chi connectivity index (χ0v) is 11.4. The van der Waals surface area contributed by atoms with Gasteiger partial charge in [0.25, 0.3) is 0 Å². The van der Waals surface area contributed by atoms with Crippen LogP contribution in [0.4, 0.5) is 0 Å². The molecule has 0 aliphatic heterocycles. The van der Waals surface area contributed by atoms with Crippen molar-refractivity contribution in [2.45, 2.75) is 44.4 Å². The van der Waals surface area contributed by atoms with E-state index in [2.05, 4.69) is 27.2 Å². The van der Waals surface area contributed by atoms with Crippen molar-refractivity contribution in [1.29, 1.82) is 0 Å². The van der Waals surface area contributed by atoms with Crippen molar-refractivity contribution in [2.75, 3.05) is 0 Å². The Hall–Kier alpha value is -1.41. The Balaban J connectivity index is 2.08. The van der Waals surface area contributed by atoms with E-state index in [0.29, 0.717) is 6.54 Å². The molecule has 0 radical (unpaired) electrons. The predicted molar refractivity (Wildman–Crippen MR) is 68.8 cm³/mol. The summed E-state index contributed by atoms with van der Waals surface area (Å²) in [5.74, 6) is 2.50. The Labute approximate surface area is 110 Å². The highest BCUT2D eigenvalue weighted by Gasteiger charge is 2.11. The van der Waals surface area contributed by atoms with Gasteiger partial charge in [0.15, 0.2) is 5.16 Å². The van der Waals surface area contributed by atoms with Crippen LogP contribution in [0.25, 0.3) is 0 Å². The van der Waals surface area contributed by atoms with E-state index in [9.17, 15) is 0 Å². The third-order valence-corrected chi connectivity index (χ3v) is 3.58. The van der Waals surface area contributed by atoms with Gasteiger partial charge in [0, 0.05) is 13.1 Å². The molecule has 7 nitrogen and oxygen atoms in total. The van der Waals surface area contributed by atoms with Crippen LogP contribution in [0.15, 0.2) is 11.5 Å². The van der Waals surface area contributed by atoms with Crippen LogP contribution >= 0.6 is 11.8 Å². The van der Waals surface area contributed by atoms with E-state index in [-0.39, 0.29) is 0 Å². The maximum atomic E-state index is 5.62. The van der Waals surface area contributed by atoms with Gasteiger partial charge in [0.05, 0.1) is 12.3 Å². The zero-order chi connectivity index (χ0) is 13.0. The number of hydrogen-bond acceptors (Lipinski definition) is 6. The number of rotatable bonds is 6. The maximum absolute atomic E-state index is 5.62. The van der Waals surface area contributed by atoms with Crippen LogP contribution in [0.1, 0.15) is 25.5 Å². The fourth-order valence-electron chi connectivity index (χ4n) is 1.69. The van der Waals surface area contributed by atoms with Crippen LogP contribution in [-0.2, 0) is 25.4 Å². The molecule has 2 rings (SSSR count). The molecular weight excluding hydrogens is 250 g/mol. The van der Waals surface area contributed by atoms with E-state index in [1.807, 2.05) is 16.2 Å². The van der Waals surface area contributed by atoms with E-state index in [0.717, 1.165) is 35.6 Å². The van der Waals surface area contributed by atoms with Gasteiger partial charge in [-0.05, 0) is 13.8 Å². The lowest BCUT2D eigenvalue weighted by molar-refractivity contribution is 0.629. The van der Waals surface area contributed by atoms with E-state index < -0.39 is 0 Å². The molecule has 2 aromatic rings. The molecule has 2 heterocycles. The largest absolute Gasteiger partial charge is 0.324 e. The smallest absolute Gasteiger partial charge is 0.191 e. The number of aryl methyl sites for hydroxylation is 1. The summed E-state index contributed by atoms with van der Waals surface area (Å²) in [7, 11) is 0. The van der Waals surface area contributed by atoms with Crippen LogP contribution in [0.3, 0.4) is 0 Å². The van der Waals surface area contributed by atoms with Crippen molar-refractivity contribution in [3.8, 4) is 0 Å². The Morgan fingerprint density at radius 1 is 1.22 bits per heavy atom. The van der Waals surface area contributed by atoms with E-state index >= 15 is 0 Å². The summed E-state index contributed by atoms with van der Waals surface area (Å²) < 4.78 is 3.90. The molecule has 2 N–H and O–H groups in total. The van der Waals surface area contributed by atoms with Crippen LogP contribution < -0.4 is 5.73 Å². The minimum atomic E-state index is 0.409. The van der Waals surface area contributed by atoms with Crippen molar-refractivity contribution < 1.29 is 0 Å². The monoisotopic (exact) mass is 267 g/mol. The average molecular weight is 267 g/mol. The third-order valence-electron chi connectivity index (χ3n) is 2.62. The van der Waals surface area contributed by atoms with E-state index in [4.69, 9.17) is 5.73 Å². The van der Waals surface area contributed by atoms with Crippen LogP contribution in [-0.4, -0.2) is 29.5 Å². The average Bonchev–Trinajstić information content (AvgIpc) is 3.01. The topological polar surface area (TPSA) is 87.4 Å². The molecule has 18 heavy (non-hydrogen) atoms. The predicted octanol–water partition coefficient (Wildman–Crippen LogP) is 0.660. The van der Waals surface area contributed by atoms with Crippen LogP contribution in [0.2, 0.25) is 0 Å². The highest BCUT2D eigenvalue weighted by Crippen LogP contribution is 2.20. The number of nitrogens with zero attached hydrogens (tertiary/aromatic N) is 6. The minimum Gasteiger partial charge on any atom is -0.324 e. The van der Waals surface area contributed by atoms with Crippen molar-refractivity contribution in [2.24, 2.45) is 5.73 Å². The van der Waals surface area contributed by atoms with Crippen molar-refractivity contribution >= 4 is 11.8 Å². The SMILES string of the molecule is CCn1ncnc1CSc1nnc(CN)n1CC. The minimum absolute atomic E-state index is 0.409. The van der Waals surface area contributed by atoms with Crippen LogP contribution in [0, 0.1) is 0 Å². The Morgan fingerprint density at radius 2 is 2.06 bits per heavy atom. The number of aromatic nitrogens is 6. The van der Waals surface area contributed by atoms with Crippen LogP contribution in [0.5, 0.6) is 0 Å². The lowest BCUT2D eigenvalue weighted by Gasteiger charge is -2.06.